The smallest absolute Gasteiger partial charge is 0.242 e. The van der Waals surface area contributed by atoms with Crippen molar-refractivity contribution in [2.45, 2.75) is 24.8 Å². The van der Waals surface area contributed by atoms with Gasteiger partial charge < -0.3 is 5.32 Å². The van der Waals surface area contributed by atoms with Gasteiger partial charge in [-0.25, -0.2) is 12.8 Å². The van der Waals surface area contributed by atoms with Gasteiger partial charge in [0.2, 0.25) is 15.9 Å². The quantitative estimate of drug-likeness (QED) is 0.841. The zero-order valence-corrected chi connectivity index (χ0v) is 14.2. The van der Waals surface area contributed by atoms with Crippen molar-refractivity contribution < 1.29 is 17.6 Å². The second-order valence-electron chi connectivity index (χ2n) is 5.65. The highest BCUT2D eigenvalue weighted by molar-refractivity contribution is 7.89. The molecule has 7 heteroatoms. The molecule has 24 heavy (non-hydrogen) atoms. The van der Waals surface area contributed by atoms with Crippen LogP contribution in [0.25, 0.3) is 0 Å². The third-order valence-electron chi connectivity index (χ3n) is 3.40. The van der Waals surface area contributed by atoms with E-state index in [0.29, 0.717) is 5.69 Å². The van der Waals surface area contributed by atoms with Gasteiger partial charge in [-0.15, -0.1) is 0 Å². The van der Waals surface area contributed by atoms with Crippen molar-refractivity contribution in [3.63, 3.8) is 0 Å². The first kappa shape index (κ1) is 18.1. The Kier molecular flexibility index (Phi) is 5.69. The largest absolute Gasteiger partial charge is 0.325 e. The summed E-state index contributed by atoms with van der Waals surface area (Å²) in [5.41, 5.74) is 0.394. The van der Waals surface area contributed by atoms with Crippen LogP contribution in [0.5, 0.6) is 0 Å². The van der Waals surface area contributed by atoms with Crippen LogP contribution in [0.4, 0.5) is 10.1 Å². The Hall–Kier alpha value is -2.25. The molecule has 0 unspecified atom stereocenters. The predicted octanol–water partition coefficient (Wildman–Crippen LogP) is 2.77. The third kappa shape index (κ3) is 4.62. The number of carbonyl (C=O) groups is 1. The van der Waals surface area contributed by atoms with E-state index in [0.717, 1.165) is 0 Å². The van der Waals surface area contributed by atoms with E-state index in [9.17, 15) is 17.6 Å². The van der Waals surface area contributed by atoms with Crippen LogP contribution < -0.4 is 10.0 Å². The highest BCUT2D eigenvalue weighted by Gasteiger charge is 2.28. The lowest BCUT2D eigenvalue weighted by Crippen LogP contribution is -2.47. The lowest BCUT2D eigenvalue weighted by atomic mass is 10.0. The summed E-state index contributed by atoms with van der Waals surface area (Å²) in [5, 5.41) is 2.59. The molecule has 1 atom stereocenters. The zero-order valence-electron chi connectivity index (χ0n) is 13.4. The van der Waals surface area contributed by atoms with Crippen LogP contribution in [0, 0.1) is 11.7 Å². The van der Waals surface area contributed by atoms with Crippen LogP contribution in [0.1, 0.15) is 13.8 Å². The molecule has 0 saturated carbocycles. The summed E-state index contributed by atoms with van der Waals surface area (Å²) in [7, 11) is -3.82. The van der Waals surface area contributed by atoms with Crippen molar-refractivity contribution in [3.8, 4) is 0 Å². The molecule has 0 saturated heterocycles. The maximum atomic E-state index is 12.9. The molecule has 0 aliphatic rings. The minimum atomic E-state index is -3.82. The van der Waals surface area contributed by atoms with Gasteiger partial charge in [0.15, 0.2) is 0 Å². The van der Waals surface area contributed by atoms with E-state index in [-0.39, 0.29) is 10.8 Å². The van der Waals surface area contributed by atoms with Gasteiger partial charge in [-0.2, -0.15) is 4.72 Å². The first-order valence-corrected chi connectivity index (χ1v) is 8.92. The molecule has 2 aromatic rings. The van der Waals surface area contributed by atoms with Gasteiger partial charge in [0.05, 0.1) is 4.90 Å². The van der Waals surface area contributed by atoms with Gasteiger partial charge in [0, 0.05) is 5.69 Å². The van der Waals surface area contributed by atoms with E-state index >= 15 is 0 Å². The SMILES string of the molecule is CC(C)[C@@H](NS(=O)(=O)c1ccccc1)C(=O)Nc1ccc(F)cc1. The van der Waals surface area contributed by atoms with E-state index in [1.165, 1.54) is 36.4 Å². The highest BCUT2D eigenvalue weighted by Crippen LogP contribution is 2.14. The summed E-state index contributed by atoms with van der Waals surface area (Å²) in [5.74, 6) is -1.20. The van der Waals surface area contributed by atoms with E-state index in [1.54, 1.807) is 32.0 Å². The molecular formula is C17H19FN2O3S. The standard InChI is InChI=1S/C17H19FN2O3S/c1-12(2)16(17(21)19-14-10-8-13(18)9-11-14)20-24(22,23)15-6-4-3-5-7-15/h3-12,16,20H,1-2H3,(H,19,21)/t16-/m1/s1. The van der Waals surface area contributed by atoms with Crippen molar-refractivity contribution in [2.75, 3.05) is 5.32 Å². The first-order valence-electron chi connectivity index (χ1n) is 7.43. The molecule has 2 aromatic carbocycles. The lowest BCUT2D eigenvalue weighted by molar-refractivity contribution is -0.118. The molecular weight excluding hydrogens is 331 g/mol. The van der Waals surface area contributed by atoms with Crippen LogP contribution in [0.2, 0.25) is 0 Å². The van der Waals surface area contributed by atoms with Crippen molar-refractivity contribution in [1.29, 1.82) is 0 Å². The molecule has 1 amide bonds. The summed E-state index contributed by atoms with van der Waals surface area (Å²) in [6, 6.07) is 12.1. The van der Waals surface area contributed by atoms with Crippen LogP contribution in [0.3, 0.4) is 0 Å². The first-order chi connectivity index (χ1) is 11.3. The Balaban J connectivity index is 2.17. The number of carbonyl (C=O) groups excluding carboxylic acids is 1. The molecule has 0 fully saturated rings. The van der Waals surface area contributed by atoms with Crippen molar-refractivity contribution in [3.05, 3.63) is 60.4 Å². The Morgan fingerprint density at radius 2 is 1.58 bits per heavy atom. The number of rotatable bonds is 6. The number of benzene rings is 2. The second-order valence-corrected chi connectivity index (χ2v) is 7.37. The van der Waals surface area contributed by atoms with Crippen molar-refractivity contribution in [1.82, 2.24) is 4.72 Å². The minimum Gasteiger partial charge on any atom is -0.325 e. The number of sulfonamides is 1. The summed E-state index contributed by atoms with van der Waals surface area (Å²) >= 11 is 0. The third-order valence-corrected chi connectivity index (χ3v) is 4.85. The minimum absolute atomic E-state index is 0.0882. The summed E-state index contributed by atoms with van der Waals surface area (Å²) < 4.78 is 40.2. The number of amides is 1. The van der Waals surface area contributed by atoms with Gasteiger partial charge in [0.25, 0.3) is 0 Å². The molecule has 128 valence electrons. The number of nitrogens with one attached hydrogen (secondary N) is 2. The van der Waals surface area contributed by atoms with Crippen LogP contribution in [-0.4, -0.2) is 20.4 Å². The molecule has 5 nitrogen and oxygen atoms in total. The van der Waals surface area contributed by atoms with Gasteiger partial charge in [-0.3, -0.25) is 4.79 Å². The summed E-state index contributed by atoms with van der Waals surface area (Å²) in [6.45, 7) is 3.48. The van der Waals surface area contributed by atoms with Crippen molar-refractivity contribution in [2.24, 2.45) is 5.92 Å². The normalized spacial score (nSPS) is 12.8. The summed E-state index contributed by atoms with van der Waals surface area (Å²) in [6.07, 6.45) is 0. The van der Waals surface area contributed by atoms with Gasteiger partial charge in [0.1, 0.15) is 11.9 Å². The number of anilines is 1. The molecule has 0 aliphatic heterocycles. The maximum Gasteiger partial charge on any atom is 0.242 e. The predicted molar refractivity (Wildman–Crippen MR) is 90.4 cm³/mol. The number of hydrogen-bond donors (Lipinski definition) is 2. The zero-order chi connectivity index (χ0) is 17.7. The number of halogens is 1. The second kappa shape index (κ2) is 7.55. The van der Waals surface area contributed by atoms with E-state index in [1.807, 2.05) is 0 Å². The van der Waals surface area contributed by atoms with Crippen LogP contribution in [-0.2, 0) is 14.8 Å². The molecule has 0 aliphatic carbocycles. The molecule has 2 N–H and O–H groups in total. The van der Waals surface area contributed by atoms with Gasteiger partial charge >= 0.3 is 0 Å². The van der Waals surface area contributed by atoms with E-state index in [4.69, 9.17) is 0 Å². The van der Waals surface area contributed by atoms with E-state index < -0.39 is 27.8 Å². The fraction of sp³-hybridized carbons (Fsp3) is 0.235. The molecule has 0 bridgehead atoms. The van der Waals surface area contributed by atoms with Crippen molar-refractivity contribution >= 4 is 21.6 Å². The molecule has 2 rings (SSSR count). The Bertz CT molecular complexity index is 790. The average molecular weight is 350 g/mol. The van der Waals surface area contributed by atoms with Gasteiger partial charge in [-0.1, -0.05) is 32.0 Å². The molecule has 0 aromatic heterocycles. The molecule has 0 radical (unpaired) electrons. The number of hydrogen-bond acceptors (Lipinski definition) is 3. The summed E-state index contributed by atoms with van der Waals surface area (Å²) in [4.78, 5) is 12.5. The average Bonchev–Trinajstić information content (AvgIpc) is 2.55. The van der Waals surface area contributed by atoms with E-state index in [2.05, 4.69) is 10.0 Å². The molecule has 0 heterocycles. The monoisotopic (exact) mass is 350 g/mol. The van der Waals surface area contributed by atoms with Crippen LogP contribution >= 0.6 is 0 Å². The lowest BCUT2D eigenvalue weighted by Gasteiger charge is -2.21. The Morgan fingerprint density at radius 3 is 2.12 bits per heavy atom. The highest BCUT2D eigenvalue weighted by atomic mass is 32.2. The topological polar surface area (TPSA) is 75.3 Å². The Morgan fingerprint density at radius 1 is 1.00 bits per heavy atom. The fourth-order valence-electron chi connectivity index (χ4n) is 2.08. The maximum absolute atomic E-state index is 12.9. The Labute approximate surface area is 141 Å². The van der Waals surface area contributed by atoms with Crippen LogP contribution in [0.15, 0.2) is 59.5 Å². The molecule has 0 spiro atoms. The van der Waals surface area contributed by atoms with Gasteiger partial charge in [-0.05, 0) is 42.3 Å². The fourth-order valence-corrected chi connectivity index (χ4v) is 3.45.